The van der Waals surface area contributed by atoms with E-state index >= 15 is 0 Å². The van der Waals surface area contributed by atoms with Gasteiger partial charge < -0.3 is 14.6 Å². The van der Waals surface area contributed by atoms with Gasteiger partial charge in [0, 0.05) is 34.3 Å². The number of halogens is 1. The summed E-state index contributed by atoms with van der Waals surface area (Å²) in [6.07, 6.45) is 0.267. The van der Waals surface area contributed by atoms with Gasteiger partial charge in [0.05, 0.1) is 13.7 Å². The number of phenols is 1. The van der Waals surface area contributed by atoms with Crippen molar-refractivity contribution in [2.75, 3.05) is 13.7 Å². The second-order valence-corrected chi connectivity index (χ2v) is 7.74. The first-order chi connectivity index (χ1) is 15.1. The molecular formula is C25H25ClN2O3. The molecule has 1 aliphatic rings. The smallest absolute Gasteiger partial charge is 0.129 e. The molecule has 160 valence electrons. The van der Waals surface area contributed by atoms with Crippen LogP contribution in [0.1, 0.15) is 42.2 Å². The molecule has 0 bridgehead atoms. The van der Waals surface area contributed by atoms with Crippen LogP contribution in [0.3, 0.4) is 0 Å². The Labute approximate surface area is 187 Å². The molecule has 0 radical (unpaired) electrons. The number of hydrogen-bond acceptors (Lipinski definition) is 5. The number of ether oxygens (including phenoxy) is 2. The van der Waals surface area contributed by atoms with Crippen LogP contribution < -0.4 is 14.8 Å². The number of nitrogens with zero attached hydrogens (tertiary/aromatic N) is 1. The second kappa shape index (κ2) is 9.41. The van der Waals surface area contributed by atoms with Crippen molar-refractivity contribution in [3.63, 3.8) is 0 Å². The van der Waals surface area contributed by atoms with Gasteiger partial charge in [0.2, 0.25) is 0 Å². The van der Waals surface area contributed by atoms with E-state index in [1.54, 1.807) is 25.3 Å². The SMILES string of the molecule is CCOc1ccc(C2=N[C@@H](c3ccccc3OC)N[C@H](c3cc(Cl)ccc3O)C2)cc1. The summed E-state index contributed by atoms with van der Waals surface area (Å²) in [7, 11) is 1.65. The molecule has 0 amide bonds. The highest BCUT2D eigenvalue weighted by atomic mass is 35.5. The standard InChI is InChI=1S/C25H25ClN2O3/c1-3-31-18-11-8-16(9-12-18)21-15-22(20-14-17(26)10-13-23(20)29)28-25(27-21)19-6-4-5-7-24(19)30-2/h4-14,22,25,28-29H,3,15H2,1-2H3/t22-,25+/m0/s1. The Morgan fingerprint density at radius 3 is 2.58 bits per heavy atom. The third kappa shape index (κ3) is 4.68. The summed E-state index contributed by atoms with van der Waals surface area (Å²) in [4.78, 5) is 5.00. The predicted octanol–water partition coefficient (Wildman–Crippen LogP) is 5.68. The van der Waals surface area contributed by atoms with E-state index < -0.39 is 0 Å². The fourth-order valence-corrected chi connectivity index (χ4v) is 4.03. The van der Waals surface area contributed by atoms with Gasteiger partial charge in [-0.05, 0) is 61.0 Å². The number of para-hydroxylation sites is 1. The molecule has 5 nitrogen and oxygen atoms in total. The van der Waals surface area contributed by atoms with Gasteiger partial charge in [-0.2, -0.15) is 0 Å². The monoisotopic (exact) mass is 436 g/mol. The van der Waals surface area contributed by atoms with Crippen LogP contribution in [0.2, 0.25) is 5.02 Å². The molecule has 0 saturated heterocycles. The van der Waals surface area contributed by atoms with Crippen LogP contribution in [0.5, 0.6) is 17.2 Å². The largest absolute Gasteiger partial charge is 0.508 e. The first kappa shape index (κ1) is 21.2. The zero-order chi connectivity index (χ0) is 21.8. The van der Waals surface area contributed by atoms with Gasteiger partial charge in [0.15, 0.2) is 0 Å². The maximum atomic E-state index is 10.5. The number of aliphatic imine (C=N–C) groups is 1. The molecule has 0 saturated carbocycles. The fraction of sp³-hybridized carbons (Fsp3) is 0.240. The zero-order valence-electron chi connectivity index (χ0n) is 17.5. The van der Waals surface area contributed by atoms with E-state index in [-0.39, 0.29) is 18.0 Å². The van der Waals surface area contributed by atoms with Crippen LogP contribution in [-0.4, -0.2) is 24.5 Å². The highest BCUT2D eigenvalue weighted by Crippen LogP contribution is 2.37. The number of phenolic OH excluding ortho intramolecular Hbond substituents is 1. The van der Waals surface area contributed by atoms with Crippen LogP contribution in [0, 0.1) is 0 Å². The third-order valence-electron chi connectivity index (χ3n) is 5.34. The number of hydrogen-bond donors (Lipinski definition) is 2. The Balaban J connectivity index is 1.76. The van der Waals surface area contributed by atoms with E-state index in [9.17, 15) is 5.11 Å². The van der Waals surface area contributed by atoms with E-state index in [0.717, 1.165) is 33.9 Å². The summed E-state index contributed by atoms with van der Waals surface area (Å²) in [5, 5.41) is 14.6. The molecule has 2 N–H and O–H groups in total. The van der Waals surface area contributed by atoms with Crippen molar-refractivity contribution >= 4 is 17.3 Å². The summed E-state index contributed by atoms with van der Waals surface area (Å²) in [6, 6.07) is 20.7. The Morgan fingerprint density at radius 1 is 1.06 bits per heavy atom. The zero-order valence-corrected chi connectivity index (χ0v) is 18.3. The number of rotatable bonds is 6. The van der Waals surface area contributed by atoms with E-state index in [1.807, 2.05) is 55.5 Å². The van der Waals surface area contributed by atoms with Crippen molar-refractivity contribution in [2.24, 2.45) is 4.99 Å². The molecule has 2 atom stereocenters. The number of nitrogens with one attached hydrogen (secondary N) is 1. The average Bonchev–Trinajstić information content (AvgIpc) is 2.81. The maximum absolute atomic E-state index is 10.5. The highest BCUT2D eigenvalue weighted by molar-refractivity contribution is 6.30. The molecule has 6 heteroatoms. The van der Waals surface area contributed by atoms with Crippen molar-refractivity contribution in [3.05, 3.63) is 88.4 Å². The lowest BCUT2D eigenvalue weighted by Gasteiger charge is -2.31. The molecule has 3 aromatic carbocycles. The molecule has 0 aromatic heterocycles. The summed E-state index contributed by atoms with van der Waals surface area (Å²) in [5.74, 6) is 1.78. The van der Waals surface area contributed by atoms with Crippen LogP contribution in [-0.2, 0) is 0 Å². The summed E-state index contributed by atoms with van der Waals surface area (Å²) in [5.41, 5.74) is 3.61. The summed E-state index contributed by atoms with van der Waals surface area (Å²) in [6.45, 7) is 2.58. The van der Waals surface area contributed by atoms with Gasteiger partial charge in [0.25, 0.3) is 0 Å². The molecule has 0 fully saturated rings. The Hall–Kier alpha value is -3.02. The molecule has 4 rings (SSSR count). The second-order valence-electron chi connectivity index (χ2n) is 7.30. The van der Waals surface area contributed by atoms with Crippen LogP contribution in [0.4, 0.5) is 0 Å². The number of methoxy groups -OCH3 is 1. The van der Waals surface area contributed by atoms with Gasteiger partial charge >= 0.3 is 0 Å². The van der Waals surface area contributed by atoms with E-state index in [4.69, 9.17) is 26.1 Å². The Kier molecular flexibility index (Phi) is 6.44. The Morgan fingerprint density at radius 2 is 1.84 bits per heavy atom. The minimum Gasteiger partial charge on any atom is -0.508 e. The molecule has 1 aliphatic heterocycles. The lowest BCUT2D eigenvalue weighted by molar-refractivity contribution is 0.340. The lowest BCUT2D eigenvalue weighted by Crippen LogP contribution is -2.33. The molecule has 0 spiro atoms. The Bertz CT molecular complexity index is 1080. The molecule has 0 aliphatic carbocycles. The van der Waals surface area contributed by atoms with Crippen molar-refractivity contribution in [3.8, 4) is 17.2 Å². The minimum atomic E-state index is -0.338. The van der Waals surface area contributed by atoms with Gasteiger partial charge in [-0.1, -0.05) is 29.8 Å². The van der Waals surface area contributed by atoms with E-state index in [2.05, 4.69) is 5.32 Å². The van der Waals surface area contributed by atoms with Gasteiger partial charge in [-0.25, -0.2) is 0 Å². The van der Waals surface area contributed by atoms with Crippen molar-refractivity contribution < 1.29 is 14.6 Å². The van der Waals surface area contributed by atoms with Crippen molar-refractivity contribution in [2.45, 2.75) is 25.6 Å². The van der Waals surface area contributed by atoms with Gasteiger partial charge in [0.1, 0.15) is 23.4 Å². The summed E-state index contributed by atoms with van der Waals surface area (Å²) >= 11 is 6.23. The average molecular weight is 437 g/mol. The van der Waals surface area contributed by atoms with Crippen LogP contribution in [0.15, 0.2) is 71.7 Å². The topological polar surface area (TPSA) is 63.1 Å². The maximum Gasteiger partial charge on any atom is 0.129 e. The molecule has 0 unspecified atom stereocenters. The number of aromatic hydroxyl groups is 1. The summed E-state index contributed by atoms with van der Waals surface area (Å²) < 4.78 is 11.1. The quantitative estimate of drug-likeness (QED) is 0.522. The van der Waals surface area contributed by atoms with E-state index in [1.165, 1.54) is 0 Å². The third-order valence-corrected chi connectivity index (χ3v) is 5.57. The normalized spacial score (nSPS) is 18.4. The number of benzene rings is 3. The first-order valence-corrected chi connectivity index (χ1v) is 10.6. The molecular weight excluding hydrogens is 412 g/mol. The lowest BCUT2D eigenvalue weighted by atomic mass is 9.93. The molecule has 3 aromatic rings. The van der Waals surface area contributed by atoms with Gasteiger partial charge in [-0.15, -0.1) is 0 Å². The predicted molar refractivity (Wildman–Crippen MR) is 123 cm³/mol. The van der Waals surface area contributed by atoms with Crippen LogP contribution >= 0.6 is 11.6 Å². The van der Waals surface area contributed by atoms with E-state index in [0.29, 0.717) is 18.1 Å². The van der Waals surface area contributed by atoms with Crippen LogP contribution in [0.25, 0.3) is 0 Å². The first-order valence-electron chi connectivity index (χ1n) is 10.3. The fourth-order valence-electron chi connectivity index (χ4n) is 3.85. The molecule has 31 heavy (non-hydrogen) atoms. The van der Waals surface area contributed by atoms with Gasteiger partial charge in [-0.3, -0.25) is 10.3 Å². The minimum absolute atomic E-state index is 0.173. The van der Waals surface area contributed by atoms with Crippen molar-refractivity contribution in [1.29, 1.82) is 0 Å². The van der Waals surface area contributed by atoms with Crippen molar-refractivity contribution in [1.82, 2.24) is 5.32 Å². The molecule has 1 heterocycles. The highest BCUT2D eigenvalue weighted by Gasteiger charge is 2.29.